The third-order valence-corrected chi connectivity index (χ3v) is 3.77. The van der Waals surface area contributed by atoms with Crippen LogP contribution in [0.25, 0.3) is 0 Å². The molecule has 1 fully saturated rings. The molecule has 0 aromatic carbocycles. The number of rotatable bonds is 5. The summed E-state index contributed by atoms with van der Waals surface area (Å²) in [6, 6.07) is 4.55. The van der Waals surface area contributed by atoms with Gasteiger partial charge in [-0.3, -0.25) is 4.98 Å². The van der Waals surface area contributed by atoms with E-state index in [2.05, 4.69) is 10.3 Å². The average Bonchev–Trinajstić information content (AvgIpc) is 2.45. The number of pyridine rings is 1. The molecule has 4 heteroatoms. The molecule has 1 saturated carbocycles. The van der Waals surface area contributed by atoms with Gasteiger partial charge in [0.05, 0.1) is 25.5 Å². The van der Waals surface area contributed by atoms with E-state index in [0.717, 1.165) is 30.0 Å². The maximum atomic E-state index is 5.97. The van der Waals surface area contributed by atoms with Crippen LogP contribution in [0.4, 0.5) is 0 Å². The molecular weight excluding hydrogens is 240 g/mol. The maximum absolute atomic E-state index is 5.97. The summed E-state index contributed by atoms with van der Waals surface area (Å²) in [6.45, 7) is 2.55. The number of nitrogens with zero attached hydrogens (tertiary/aromatic N) is 1. The second-order valence-electron chi connectivity index (χ2n) is 5.21. The molecule has 1 aromatic rings. The van der Waals surface area contributed by atoms with E-state index in [1.807, 2.05) is 26.1 Å². The Kier molecular flexibility index (Phi) is 5.16. The van der Waals surface area contributed by atoms with Crippen LogP contribution < -0.4 is 10.1 Å². The van der Waals surface area contributed by atoms with Gasteiger partial charge in [-0.15, -0.1) is 0 Å². The second-order valence-corrected chi connectivity index (χ2v) is 5.21. The molecule has 1 aromatic heterocycles. The zero-order valence-electron chi connectivity index (χ0n) is 12.1. The Bertz CT molecular complexity index is 401. The highest BCUT2D eigenvalue weighted by molar-refractivity contribution is 5.26. The minimum Gasteiger partial charge on any atom is -0.497 e. The lowest BCUT2D eigenvalue weighted by atomic mass is 9.93. The summed E-state index contributed by atoms with van der Waals surface area (Å²) >= 11 is 0. The lowest BCUT2D eigenvalue weighted by Gasteiger charge is -2.28. The fourth-order valence-corrected chi connectivity index (χ4v) is 2.62. The van der Waals surface area contributed by atoms with E-state index in [9.17, 15) is 0 Å². The molecule has 0 aliphatic heterocycles. The van der Waals surface area contributed by atoms with Gasteiger partial charge in [-0.2, -0.15) is 0 Å². The van der Waals surface area contributed by atoms with Crippen LogP contribution in [0.1, 0.15) is 37.1 Å². The van der Waals surface area contributed by atoms with Crippen LogP contribution in [-0.4, -0.2) is 31.3 Å². The second kappa shape index (κ2) is 6.87. The van der Waals surface area contributed by atoms with Gasteiger partial charge in [-0.25, -0.2) is 0 Å². The molecule has 1 aliphatic rings. The Morgan fingerprint density at radius 2 is 2.00 bits per heavy atom. The highest BCUT2D eigenvalue weighted by Crippen LogP contribution is 2.22. The predicted octanol–water partition coefficient (Wildman–Crippen LogP) is 2.45. The smallest absolute Gasteiger partial charge is 0.122 e. The minimum atomic E-state index is 0.373. The van der Waals surface area contributed by atoms with Crippen LogP contribution in [0.3, 0.4) is 0 Å². The number of methoxy groups -OCH3 is 1. The molecule has 1 aliphatic carbocycles. The summed E-state index contributed by atoms with van der Waals surface area (Å²) in [5, 5.41) is 3.34. The molecule has 0 bridgehead atoms. The highest BCUT2D eigenvalue weighted by atomic mass is 16.5. The molecule has 0 atom stereocenters. The first-order valence-corrected chi connectivity index (χ1v) is 7.01. The standard InChI is InChI=1S/C15H24N2O2/c1-11-8-15(18-3)9-13(17-11)10-19-14-6-4-12(16-2)5-7-14/h8-9,12,14,16H,4-7,10H2,1-3H3. The first-order chi connectivity index (χ1) is 9.21. The van der Waals surface area contributed by atoms with E-state index in [4.69, 9.17) is 9.47 Å². The Hall–Kier alpha value is -1.13. The highest BCUT2D eigenvalue weighted by Gasteiger charge is 2.20. The van der Waals surface area contributed by atoms with Crippen LogP contribution in [0.2, 0.25) is 0 Å². The van der Waals surface area contributed by atoms with Crippen LogP contribution >= 0.6 is 0 Å². The first-order valence-electron chi connectivity index (χ1n) is 7.01. The third-order valence-electron chi connectivity index (χ3n) is 3.77. The van der Waals surface area contributed by atoms with Gasteiger partial charge < -0.3 is 14.8 Å². The van der Waals surface area contributed by atoms with E-state index < -0.39 is 0 Å². The summed E-state index contributed by atoms with van der Waals surface area (Å²) in [5.41, 5.74) is 1.92. The Morgan fingerprint density at radius 3 is 2.63 bits per heavy atom. The molecule has 0 amide bonds. The number of ether oxygens (including phenoxy) is 2. The third kappa shape index (κ3) is 4.18. The van der Waals surface area contributed by atoms with E-state index >= 15 is 0 Å². The van der Waals surface area contributed by atoms with Gasteiger partial charge in [0.2, 0.25) is 0 Å². The lowest BCUT2D eigenvalue weighted by molar-refractivity contribution is 0.0102. The van der Waals surface area contributed by atoms with Crippen molar-refractivity contribution in [2.75, 3.05) is 14.2 Å². The molecule has 106 valence electrons. The van der Waals surface area contributed by atoms with Crippen molar-refractivity contribution in [3.05, 3.63) is 23.5 Å². The Morgan fingerprint density at radius 1 is 1.26 bits per heavy atom. The van der Waals surface area contributed by atoms with Gasteiger partial charge in [0.1, 0.15) is 5.75 Å². The van der Waals surface area contributed by atoms with Crippen molar-refractivity contribution in [1.82, 2.24) is 10.3 Å². The van der Waals surface area contributed by atoms with Crippen molar-refractivity contribution in [3.8, 4) is 5.75 Å². The number of hydrogen-bond donors (Lipinski definition) is 1. The summed E-state index contributed by atoms with van der Waals surface area (Å²) in [5.74, 6) is 0.852. The molecule has 0 spiro atoms. The van der Waals surface area contributed by atoms with Crippen molar-refractivity contribution in [2.24, 2.45) is 0 Å². The van der Waals surface area contributed by atoms with E-state index in [1.165, 1.54) is 12.8 Å². The van der Waals surface area contributed by atoms with E-state index in [1.54, 1.807) is 7.11 Å². The maximum Gasteiger partial charge on any atom is 0.122 e. The fraction of sp³-hybridized carbons (Fsp3) is 0.667. The van der Waals surface area contributed by atoms with Crippen molar-refractivity contribution in [3.63, 3.8) is 0 Å². The van der Waals surface area contributed by atoms with E-state index in [0.29, 0.717) is 18.8 Å². The zero-order chi connectivity index (χ0) is 13.7. The number of aromatic nitrogens is 1. The summed E-state index contributed by atoms with van der Waals surface area (Å²) in [6.07, 6.45) is 5.04. The van der Waals surface area contributed by atoms with Crippen LogP contribution in [0.5, 0.6) is 5.75 Å². The van der Waals surface area contributed by atoms with Gasteiger partial charge in [0.25, 0.3) is 0 Å². The molecule has 0 saturated heterocycles. The molecule has 0 unspecified atom stereocenters. The van der Waals surface area contributed by atoms with Gasteiger partial charge in [-0.1, -0.05) is 0 Å². The number of nitrogens with one attached hydrogen (secondary N) is 1. The fourth-order valence-electron chi connectivity index (χ4n) is 2.62. The molecule has 4 nitrogen and oxygen atoms in total. The largest absolute Gasteiger partial charge is 0.497 e. The number of aryl methyl sites for hydroxylation is 1. The van der Waals surface area contributed by atoms with E-state index in [-0.39, 0.29) is 0 Å². The zero-order valence-corrected chi connectivity index (χ0v) is 12.1. The van der Waals surface area contributed by atoms with Crippen LogP contribution in [0.15, 0.2) is 12.1 Å². The van der Waals surface area contributed by atoms with Crippen LogP contribution in [0, 0.1) is 6.92 Å². The topological polar surface area (TPSA) is 43.4 Å². The van der Waals surface area contributed by atoms with Gasteiger partial charge in [-0.05, 0) is 39.7 Å². The predicted molar refractivity (Wildman–Crippen MR) is 75.4 cm³/mol. The molecule has 1 heterocycles. The molecule has 2 rings (SSSR count). The SMILES string of the molecule is CNC1CCC(OCc2cc(OC)cc(C)n2)CC1. The molecule has 19 heavy (non-hydrogen) atoms. The van der Waals surface area contributed by atoms with Crippen LogP contribution in [-0.2, 0) is 11.3 Å². The summed E-state index contributed by atoms with van der Waals surface area (Å²) in [7, 11) is 3.72. The normalized spacial score (nSPS) is 23.3. The molecular formula is C15H24N2O2. The molecule has 1 N–H and O–H groups in total. The number of hydrogen-bond acceptors (Lipinski definition) is 4. The Balaban J connectivity index is 1.84. The van der Waals surface area contributed by atoms with Gasteiger partial charge in [0.15, 0.2) is 0 Å². The summed E-state index contributed by atoms with van der Waals surface area (Å²) in [4.78, 5) is 4.48. The van der Waals surface area contributed by atoms with Crippen molar-refractivity contribution in [1.29, 1.82) is 0 Å². The summed E-state index contributed by atoms with van der Waals surface area (Å²) < 4.78 is 11.2. The van der Waals surface area contributed by atoms with Crippen molar-refractivity contribution in [2.45, 2.75) is 51.4 Å². The average molecular weight is 264 g/mol. The van der Waals surface area contributed by atoms with Crippen molar-refractivity contribution >= 4 is 0 Å². The lowest BCUT2D eigenvalue weighted by Crippen LogP contribution is -2.32. The van der Waals surface area contributed by atoms with Gasteiger partial charge in [0, 0.05) is 23.9 Å². The monoisotopic (exact) mass is 264 g/mol. The van der Waals surface area contributed by atoms with Gasteiger partial charge >= 0.3 is 0 Å². The van der Waals surface area contributed by atoms with Crippen molar-refractivity contribution < 1.29 is 9.47 Å². The molecule has 0 radical (unpaired) electrons. The quantitative estimate of drug-likeness (QED) is 0.887. The minimum absolute atomic E-state index is 0.373. The Labute approximate surface area is 115 Å². The first kappa shape index (κ1) is 14.3.